The molecule has 1 heterocycles. The van der Waals surface area contributed by atoms with Gasteiger partial charge in [0.15, 0.2) is 5.69 Å². The van der Waals surface area contributed by atoms with Crippen LogP contribution in [0, 0.1) is 5.82 Å². The van der Waals surface area contributed by atoms with Crippen LogP contribution in [0.15, 0.2) is 48.5 Å². The van der Waals surface area contributed by atoms with E-state index >= 15 is 0 Å². The molecule has 184 valence electrons. The Morgan fingerprint density at radius 2 is 1.69 bits per heavy atom. The van der Waals surface area contributed by atoms with E-state index in [0.717, 1.165) is 36.9 Å². The molecule has 0 unspecified atom stereocenters. The lowest BCUT2D eigenvalue weighted by atomic mass is 9.95. The highest BCUT2D eigenvalue weighted by Gasteiger charge is 2.29. The van der Waals surface area contributed by atoms with Crippen molar-refractivity contribution in [1.82, 2.24) is 20.0 Å². The van der Waals surface area contributed by atoms with E-state index < -0.39 is 18.6 Å². The van der Waals surface area contributed by atoms with Crippen molar-refractivity contribution in [1.29, 1.82) is 0 Å². The molecule has 0 spiro atoms. The largest absolute Gasteiger partial charge is 0.405 e. The zero-order valence-electron chi connectivity index (χ0n) is 19.0. The molecule has 2 aromatic carbocycles. The third-order valence-corrected chi connectivity index (χ3v) is 5.89. The molecule has 1 aromatic heterocycles. The standard InChI is InChI=1S/C25H24F4N4O2/c1-32(14-16-6-8-17(9-7-16)23(34)30-15-25(27,28)29)24(35)22-20-4-2-3-5-21(20)33(31-22)19-12-10-18(26)11-13-19/h6-13H,2-5,14-15H2,1H3,(H,30,34). The molecular weight excluding hydrogens is 464 g/mol. The zero-order chi connectivity index (χ0) is 25.2. The van der Waals surface area contributed by atoms with Crippen LogP contribution in [-0.4, -0.2) is 46.3 Å². The molecule has 1 N–H and O–H groups in total. The van der Waals surface area contributed by atoms with Crippen LogP contribution in [-0.2, 0) is 19.4 Å². The molecule has 0 bridgehead atoms. The van der Waals surface area contributed by atoms with E-state index in [4.69, 9.17) is 0 Å². The number of nitrogens with zero attached hydrogens (tertiary/aromatic N) is 3. The zero-order valence-corrected chi connectivity index (χ0v) is 19.0. The van der Waals surface area contributed by atoms with Crippen molar-refractivity contribution in [3.8, 4) is 5.69 Å². The molecule has 1 aliphatic rings. The minimum atomic E-state index is -4.48. The van der Waals surface area contributed by atoms with Crippen LogP contribution in [0.2, 0.25) is 0 Å². The Labute approximate surface area is 199 Å². The predicted molar refractivity (Wildman–Crippen MR) is 121 cm³/mol. The number of aromatic nitrogens is 2. The molecule has 1 aliphatic carbocycles. The van der Waals surface area contributed by atoms with Crippen LogP contribution < -0.4 is 5.32 Å². The third kappa shape index (κ3) is 5.70. The fourth-order valence-corrected chi connectivity index (χ4v) is 4.14. The van der Waals surface area contributed by atoms with Crippen molar-refractivity contribution < 1.29 is 27.2 Å². The van der Waals surface area contributed by atoms with Gasteiger partial charge in [0.1, 0.15) is 12.4 Å². The fraction of sp³-hybridized carbons (Fsp3) is 0.320. The quantitative estimate of drug-likeness (QED) is 0.522. The fourth-order valence-electron chi connectivity index (χ4n) is 4.14. The van der Waals surface area contributed by atoms with Gasteiger partial charge in [0.05, 0.1) is 5.69 Å². The molecule has 0 aliphatic heterocycles. The van der Waals surface area contributed by atoms with Gasteiger partial charge in [0.25, 0.3) is 11.8 Å². The summed E-state index contributed by atoms with van der Waals surface area (Å²) in [6.45, 7) is -1.18. The van der Waals surface area contributed by atoms with Gasteiger partial charge >= 0.3 is 6.18 Å². The average Bonchev–Trinajstić information content (AvgIpc) is 3.22. The maximum Gasteiger partial charge on any atom is 0.405 e. The first-order chi connectivity index (χ1) is 16.6. The second-order valence-corrected chi connectivity index (χ2v) is 8.53. The SMILES string of the molecule is CN(Cc1ccc(C(=O)NCC(F)(F)F)cc1)C(=O)c1nn(-c2ccc(F)cc2)c2c1CCCC2. The Morgan fingerprint density at radius 1 is 1.03 bits per heavy atom. The minimum absolute atomic E-state index is 0.0964. The number of fused-ring (bicyclic) bond motifs is 1. The van der Waals surface area contributed by atoms with Crippen molar-refractivity contribution in [2.45, 2.75) is 38.4 Å². The maximum atomic E-state index is 13.4. The van der Waals surface area contributed by atoms with Crippen LogP contribution in [0.25, 0.3) is 5.69 Å². The van der Waals surface area contributed by atoms with Crippen LogP contribution in [0.4, 0.5) is 17.6 Å². The van der Waals surface area contributed by atoms with Crippen molar-refractivity contribution in [2.75, 3.05) is 13.6 Å². The Morgan fingerprint density at radius 3 is 2.34 bits per heavy atom. The smallest absolute Gasteiger partial charge is 0.343 e. The highest BCUT2D eigenvalue weighted by Crippen LogP contribution is 2.28. The van der Waals surface area contributed by atoms with E-state index in [0.29, 0.717) is 16.9 Å². The number of benzene rings is 2. The summed E-state index contributed by atoms with van der Waals surface area (Å²) in [6, 6.07) is 12.0. The van der Waals surface area contributed by atoms with E-state index in [1.165, 1.54) is 29.2 Å². The second-order valence-electron chi connectivity index (χ2n) is 8.53. The number of halogens is 4. The normalized spacial score (nSPS) is 13.3. The number of nitrogens with one attached hydrogen (secondary N) is 1. The lowest BCUT2D eigenvalue weighted by Gasteiger charge is -2.18. The molecule has 0 fully saturated rings. The molecule has 3 aromatic rings. The monoisotopic (exact) mass is 488 g/mol. The van der Waals surface area contributed by atoms with Gasteiger partial charge in [0.2, 0.25) is 0 Å². The van der Waals surface area contributed by atoms with Crippen molar-refractivity contribution >= 4 is 11.8 Å². The van der Waals surface area contributed by atoms with Crippen LogP contribution in [0.1, 0.15) is 50.5 Å². The highest BCUT2D eigenvalue weighted by atomic mass is 19.4. The molecule has 10 heteroatoms. The summed E-state index contributed by atoms with van der Waals surface area (Å²) in [7, 11) is 1.64. The van der Waals surface area contributed by atoms with Gasteiger partial charge < -0.3 is 10.2 Å². The Balaban J connectivity index is 1.49. The summed E-state index contributed by atoms with van der Waals surface area (Å²) in [4.78, 5) is 26.7. The van der Waals surface area contributed by atoms with E-state index in [1.54, 1.807) is 36.0 Å². The summed E-state index contributed by atoms with van der Waals surface area (Å²) in [5.41, 5.74) is 3.70. The second kappa shape index (κ2) is 9.89. The number of hydrogen-bond acceptors (Lipinski definition) is 3. The lowest BCUT2D eigenvalue weighted by molar-refractivity contribution is -0.123. The Kier molecular flexibility index (Phi) is 6.90. The molecule has 2 amide bonds. The Bertz CT molecular complexity index is 1220. The van der Waals surface area contributed by atoms with E-state index in [1.807, 2.05) is 5.32 Å². The topological polar surface area (TPSA) is 67.2 Å². The van der Waals surface area contributed by atoms with Gasteiger partial charge in [-0.05, 0) is 67.6 Å². The minimum Gasteiger partial charge on any atom is -0.343 e. The molecular formula is C25H24F4N4O2. The molecule has 0 saturated heterocycles. The van der Waals surface area contributed by atoms with Crippen molar-refractivity contribution in [2.24, 2.45) is 0 Å². The summed E-state index contributed by atoms with van der Waals surface area (Å²) >= 11 is 0. The van der Waals surface area contributed by atoms with E-state index in [2.05, 4.69) is 5.10 Å². The lowest BCUT2D eigenvalue weighted by Crippen LogP contribution is -2.33. The first-order valence-electron chi connectivity index (χ1n) is 11.2. The molecule has 6 nitrogen and oxygen atoms in total. The third-order valence-electron chi connectivity index (χ3n) is 5.89. The van der Waals surface area contributed by atoms with Crippen molar-refractivity contribution in [3.63, 3.8) is 0 Å². The molecule has 35 heavy (non-hydrogen) atoms. The Hall–Kier alpha value is -3.69. The first kappa shape index (κ1) is 24.4. The number of amides is 2. The van der Waals surface area contributed by atoms with Crippen molar-refractivity contribution in [3.05, 3.63) is 82.4 Å². The van der Waals surface area contributed by atoms with Gasteiger partial charge in [-0.3, -0.25) is 9.59 Å². The number of hydrogen-bond donors (Lipinski definition) is 1. The van der Waals surface area contributed by atoms with Gasteiger partial charge in [-0.2, -0.15) is 18.3 Å². The van der Waals surface area contributed by atoms with E-state index in [9.17, 15) is 27.2 Å². The van der Waals surface area contributed by atoms with Gasteiger partial charge in [-0.1, -0.05) is 12.1 Å². The van der Waals surface area contributed by atoms with Crippen LogP contribution >= 0.6 is 0 Å². The van der Waals surface area contributed by atoms with Crippen LogP contribution in [0.3, 0.4) is 0 Å². The number of rotatable bonds is 6. The number of alkyl halides is 3. The summed E-state index contributed by atoms with van der Waals surface area (Å²) in [5, 5.41) is 6.42. The van der Waals surface area contributed by atoms with Gasteiger partial charge in [-0.25, -0.2) is 9.07 Å². The predicted octanol–water partition coefficient (Wildman–Crippen LogP) is 4.45. The molecule has 4 rings (SSSR count). The first-order valence-corrected chi connectivity index (χ1v) is 11.2. The average molecular weight is 488 g/mol. The highest BCUT2D eigenvalue weighted by molar-refractivity contribution is 5.95. The number of carbonyl (C=O) groups excluding carboxylic acids is 2. The maximum absolute atomic E-state index is 13.4. The molecule has 0 saturated carbocycles. The summed E-state index contributed by atoms with van der Waals surface area (Å²) in [5.74, 6) is -1.44. The summed E-state index contributed by atoms with van der Waals surface area (Å²) < 4.78 is 52.0. The van der Waals surface area contributed by atoms with Gasteiger partial charge in [0, 0.05) is 30.4 Å². The van der Waals surface area contributed by atoms with Crippen LogP contribution in [0.5, 0.6) is 0 Å². The van der Waals surface area contributed by atoms with Gasteiger partial charge in [-0.15, -0.1) is 0 Å². The molecule has 0 radical (unpaired) electrons. The number of carbonyl (C=O) groups is 2. The van der Waals surface area contributed by atoms with E-state index in [-0.39, 0.29) is 23.8 Å². The summed E-state index contributed by atoms with van der Waals surface area (Å²) in [6.07, 6.45) is -1.06. The molecule has 0 atom stereocenters.